The summed E-state index contributed by atoms with van der Waals surface area (Å²) < 4.78 is 30.1. The van der Waals surface area contributed by atoms with Gasteiger partial charge in [0.05, 0.1) is 24.3 Å². The molecular weight excluding hydrogens is 264 g/mol. The number of nitrogens with zero attached hydrogens (tertiary/aromatic N) is 2. The van der Waals surface area contributed by atoms with E-state index in [1.165, 1.54) is 0 Å². The quantitative estimate of drug-likeness (QED) is 0.839. The number of methoxy groups -OCH3 is 1. The van der Waals surface area contributed by atoms with E-state index in [0.717, 1.165) is 17.1 Å². The second-order valence-electron chi connectivity index (χ2n) is 4.90. The zero-order valence-corrected chi connectivity index (χ0v) is 11.6. The van der Waals surface area contributed by atoms with Gasteiger partial charge in [0.25, 0.3) is 0 Å². The van der Waals surface area contributed by atoms with Gasteiger partial charge in [-0.05, 0) is 25.0 Å². The Balaban J connectivity index is 1.94. The van der Waals surface area contributed by atoms with Gasteiger partial charge in [0.2, 0.25) is 0 Å². The van der Waals surface area contributed by atoms with Crippen LogP contribution in [0.2, 0.25) is 0 Å². The Hall–Kier alpha value is -1.56. The van der Waals surface area contributed by atoms with Gasteiger partial charge < -0.3 is 9.14 Å². The van der Waals surface area contributed by atoms with Gasteiger partial charge in [0, 0.05) is 18.3 Å². The molecule has 2 aromatic heterocycles. The van der Waals surface area contributed by atoms with Crippen LogP contribution >= 0.6 is 0 Å². The van der Waals surface area contributed by atoms with E-state index < -0.39 is 9.84 Å². The lowest BCUT2D eigenvalue weighted by Gasteiger charge is -2.19. The van der Waals surface area contributed by atoms with Crippen LogP contribution in [0.25, 0.3) is 5.65 Å². The first-order valence-corrected chi connectivity index (χ1v) is 8.13. The molecule has 5 nitrogen and oxygen atoms in total. The van der Waals surface area contributed by atoms with Crippen molar-refractivity contribution in [3.63, 3.8) is 0 Å². The zero-order chi connectivity index (χ0) is 13.5. The highest BCUT2D eigenvalue weighted by Crippen LogP contribution is 2.30. The van der Waals surface area contributed by atoms with E-state index in [9.17, 15) is 8.42 Å². The zero-order valence-electron chi connectivity index (χ0n) is 10.7. The molecule has 1 aliphatic heterocycles. The number of hydrogen-bond acceptors (Lipinski definition) is 4. The summed E-state index contributed by atoms with van der Waals surface area (Å²) in [5.41, 5.74) is 1.74. The fourth-order valence-electron chi connectivity index (χ4n) is 2.55. The summed E-state index contributed by atoms with van der Waals surface area (Å²) in [7, 11) is -1.20. The topological polar surface area (TPSA) is 60.7 Å². The molecule has 3 rings (SSSR count). The molecule has 19 heavy (non-hydrogen) atoms. The fourth-order valence-corrected chi connectivity index (χ4v) is 4.04. The summed E-state index contributed by atoms with van der Waals surface area (Å²) in [5.74, 6) is 1.50. The van der Waals surface area contributed by atoms with Gasteiger partial charge in [0.1, 0.15) is 9.84 Å². The van der Waals surface area contributed by atoms with Crippen molar-refractivity contribution < 1.29 is 13.2 Å². The second-order valence-corrected chi connectivity index (χ2v) is 7.20. The molecule has 0 bridgehead atoms. The predicted molar refractivity (Wildman–Crippen MR) is 72.4 cm³/mol. The van der Waals surface area contributed by atoms with Gasteiger partial charge in [0.15, 0.2) is 11.4 Å². The first kappa shape index (κ1) is 12.5. The molecule has 6 heteroatoms. The lowest BCUT2D eigenvalue weighted by Crippen LogP contribution is -2.22. The van der Waals surface area contributed by atoms with Crippen LogP contribution in [0.1, 0.15) is 24.5 Å². The maximum Gasteiger partial charge on any atom is 0.179 e. The number of ether oxygens (including phenoxy) is 1. The number of pyridine rings is 1. The van der Waals surface area contributed by atoms with E-state index in [1.807, 2.05) is 28.9 Å². The van der Waals surface area contributed by atoms with Crippen molar-refractivity contribution in [1.29, 1.82) is 0 Å². The summed E-state index contributed by atoms with van der Waals surface area (Å²) in [4.78, 5) is 4.60. The number of fused-ring (bicyclic) bond motifs is 1. The average molecular weight is 280 g/mol. The molecule has 1 saturated heterocycles. The van der Waals surface area contributed by atoms with Crippen molar-refractivity contribution in [2.75, 3.05) is 18.6 Å². The van der Waals surface area contributed by atoms with Crippen molar-refractivity contribution in [1.82, 2.24) is 9.38 Å². The van der Waals surface area contributed by atoms with E-state index in [2.05, 4.69) is 4.98 Å². The van der Waals surface area contributed by atoms with E-state index in [-0.39, 0.29) is 17.4 Å². The number of rotatable bonds is 2. The van der Waals surface area contributed by atoms with Crippen LogP contribution in [0, 0.1) is 0 Å². The molecule has 1 fully saturated rings. The van der Waals surface area contributed by atoms with Gasteiger partial charge >= 0.3 is 0 Å². The summed E-state index contributed by atoms with van der Waals surface area (Å²) in [6.07, 6.45) is 5.22. The molecule has 1 aliphatic rings. The van der Waals surface area contributed by atoms with Crippen LogP contribution in [-0.4, -0.2) is 36.4 Å². The van der Waals surface area contributed by atoms with Crippen LogP contribution in [-0.2, 0) is 9.84 Å². The fraction of sp³-hybridized carbons (Fsp3) is 0.462. The molecule has 0 amide bonds. The minimum atomic E-state index is -2.83. The Morgan fingerprint density at radius 2 is 2.11 bits per heavy atom. The van der Waals surface area contributed by atoms with Crippen LogP contribution in [0.3, 0.4) is 0 Å². The molecule has 3 heterocycles. The van der Waals surface area contributed by atoms with Gasteiger partial charge in [-0.15, -0.1) is 0 Å². The molecule has 0 atom stereocenters. The molecule has 0 unspecified atom stereocenters. The van der Waals surface area contributed by atoms with Crippen LogP contribution in [0.5, 0.6) is 5.75 Å². The number of imidazole rings is 1. The monoisotopic (exact) mass is 280 g/mol. The predicted octanol–water partition coefficient (Wildman–Crippen LogP) is 1.64. The Morgan fingerprint density at radius 3 is 2.79 bits per heavy atom. The summed E-state index contributed by atoms with van der Waals surface area (Å²) in [5, 5.41) is 0. The maximum atomic E-state index is 11.5. The van der Waals surface area contributed by atoms with E-state index in [1.54, 1.807) is 7.11 Å². The Labute approximate surface area is 112 Å². The molecule has 0 radical (unpaired) electrons. The third-order valence-electron chi connectivity index (χ3n) is 3.66. The van der Waals surface area contributed by atoms with E-state index in [4.69, 9.17) is 4.74 Å². The van der Waals surface area contributed by atoms with E-state index in [0.29, 0.717) is 12.8 Å². The first-order chi connectivity index (χ1) is 9.09. The molecule has 102 valence electrons. The Kier molecular flexibility index (Phi) is 2.97. The van der Waals surface area contributed by atoms with Crippen molar-refractivity contribution >= 4 is 15.5 Å². The highest BCUT2D eigenvalue weighted by molar-refractivity contribution is 7.91. The minimum absolute atomic E-state index is 0.230. The molecule has 0 aliphatic carbocycles. The molecule has 0 saturated carbocycles. The average Bonchev–Trinajstić information content (AvgIpc) is 2.82. The summed E-state index contributed by atoms with van der Waals surface area (Å²) in [6, 6.07) is 3.78. The van der Waals surface area contributed by atoms with Gasteiger partial charge in [-0.3, -0.25) is 0 Å². The third-order valence-corrected chi connectivity index (χ3v) is 5.37. The number of aromatic nitrogens is 2. The number of hydrogen-bond donors (Lipinski definition) is 0. The maximum absolute atomic E-state index is 11.5. The summed E-state index contributed by atoms with van der Waals surface area (Å²) >= 11 is 0. The smallest absolute Gasteiger partial charge is 0.179 e. The van der Waals surface area contributed by atoms with Crippen LogP contribution < -0.4 is 4.74 Å². The molecule has 0 aromatic carbocycles. The molecule has 2 aromatic rings. The number of sulfone groups is 1. The summed E-state index contributed by atoms with van der Waals surface area (Å²) in [6.45, 7) is 0. The molecular formula is C13H16N2O3S. The van der Waals surface area contributed by atoms with Gasteiger partial charge in [-0.25, -0.2) is 13.4 Å². The highest BCUT2D eigenvalue weighted by Gasteiger charge is 2.26. The van der Waals surface area contributed by atoms with Crippen molar-refractivity contribution in [3.8, 4) is 5.75 Å². The van der Waals surface area contributed by atoms with Gasteiger partial charge in [-0.2, -0.15) is 0 Å². The van der Waals surface area contributed by atoms with Crippen molar-refractivity contribution in [2.45, 2.75) is 18.8 Å². The lowest BCUT2D eigenvalue weighted by atomic mass is 10.00. The Morgan fingerprint density at radius 1 is 1.37 bits per heavy atom. The largest absolute Gasteiger partial charge is 0.493 e. The minimum Gasteiger partial charge on any atom is -0.493 e. The van der Waals surface area contributed by atoms with Crippen LogP contribution in [0.15, 0.2) is 24.5 Å². The van der Waals surface area contributed by atoms with Crippen molar-refractivity contribution in [3.05, 3.63) is 30.2 Å². The lowest BCUT2D eigenvalue weighted by molar-refractivity contribution is 0.417. The Bertz CT molecular complexity index is 692. The molecule has 0 N–H and O–H groups in total. The standard InChI is InChI=1S/C13H16N2O3S/c1-18-12-3-2-6-15-9-11(14-13(12)15)10-4-7-19(16,17)8-5-10/h2-3,6,9-10H,4-5,7-8H2,1H3. The highest BCUT2D eigenvalue weighted by atomic mass is 32.2. The SMILES string of the molecule is COc1cccn2cc(C3CCS(=O)(=O)CC3)nc12. The normalized spacial score (nSPS) is 19.6. The van der Waals surface area contributed by atoms with Crippen LogP contribution in [0.4, 0.5) is 0 Å². The van der Waals surface area contributed by atoms with E-state index >= 15 is 0 Å². The third kappa shape index (κ3) is 2.32. The van der Waals surface area contributed by atoms with Gasteiger partial charge in [-0.1, -0.05) is 0 Å². The van der Waals surface area contributed by atoms with Crippen molar-refractivity contribution in [2.24, 2.45) is 0 Å². The second kappa shape index (κ2) is 4.52. The molecule has 0 spiro atoms. The first-order valence-electron chi connectivity index (χ1n) is 6.31.